The topological polar surface area (TPSA) is 131 Å². The molecule has 0 aliphatic carbocycles. The number of aliphatic hydroxyl groups is 1. The first-order chi connectivity index (χ1) is 7.52. The number of aromatic nitrogens is 1. The van der Waals surface area contributed by atoms with E-state index in [2.05, 4.69) is 10.3 Å². The number of hydrogen-bond donors (Lipinski definition) is 3. The molecule has 86 valence electrons. The number of carbonyl (C=O) groups is 1. The van der Waals surface area contributed by atoms with Crippen molar-refractivity contribution in [2.45, 2.75) is 6.10 Å². The van der Waals surface area contributed by atoms with E-state index >= 15 is 0 Å². The highest BCUT2D eigenvalue weighted by Crippen LogP contribution is 2.19. The lowest BCUT2D eigenvalue weighted by atomic mass is 10.3. The molecular weight excluding hydrogens is 216 g/mol. The van der Waals surface area contributed by atoms with E-state index in [0.717, 1.165) is 0 Å². The molecular formula is C8H10N4O4. The number of aliphatic hydroxyl groups excluding tert-OH is 1. The van der Waals surface area contributed by atoms with Gasteiger partial charge in [0.25, 0.3) is 0 Å². The zero-order valence-corrected chi connectivity index (χ0v) is 8.16. The maximum Gasteiger partial charge on any atom is 0.311 e. The van der Waals surface area contributed by atoms with Gasteiger partial charge in [-0.05, 0) is 6.07 Å². The van der Waals surface area contributed by atoms with Crippen LogP contribution in [0.4, 0.5) is 11.5 Å². The molecule has 16 heavy (non-hydrogen) atoms. The van der Waals surface area contributed by atoms with E-state index in [-0.39, 0.29) is 18.1 Å². The Morgan fingerprint density at radius 2 is 2.44 bits per heavy atom. The molecule has 8 nitrogen and oxygen atoms in total. The van der Waals surface area contributed by atoms with Crippen LogP contribution in [0.25, 0.3) is 0 Å². The van der Waals surface area contributed by atoms with Crippen molar-refractivity contribution in [1.82, 2.24) is 4.98 Å². The average molecular weight is 226 g/mol. The van der Waals surface area contributed by atoms with Crippen LogP contribution >= 0.6 is 0 Å². The number of carbonyl (C=O) groups excluding carboxylic acids is 1. The molecule has 1 rings (SSSR count). The van der Waals surface area contributed by atoms with E-state index in [0.29, 0.717) is 0 Å². The van der Waals surface area contributed by atoms with E-state index < -0.39 is 16.9 Å². The van der Waals surface area contributed by atoms with Crippen molar-refractivity contribution in [3.05, 3.63) is 28.4 Å². The van der Waals surface area contributed by atoms with Gasteiger partial charge in [0.15, 0.2) is 0 Å². The monoisotopic (exact) mass is 226 g/mol. The van der Waals surface area contributed by atoms with Gasteiger partial charge in [0.05, 0.1) is 11.5 Å². The fourth-order valence-electron chi connectivity index (χ4n) is 0.974. The van der Waals surface area contributed by atoms with Crippen LogP contribution in [-0.2, 0) is 4.79 Å². The van der Waals surface area contributed by atoms with Gasteiger partial charge in [-0.25, -0.2) is 4.98 Å². The van der Waals surface area contributed by atoms with Gasteiger partial charge in [0.2, 0.25) is 11.7 Å². The van der Waals surface area contributed by atoms with Crippen LogP contribution in [-0.4, -0.2) is 33.6 Å². The lowest BCUT2D eigenvalue weighted by Gasteiger charge is -2.08. The highest BCUT2D eigenvalue weighted by molar-refractivity contribution is 5.79. The predicted molar refractivity (Wildman–Crippen MR) is 54.6 cm³/mol. The van der Waals surface area contributed by atoms with Crippen LogP contribution in [0.2, 0.25) is 0 Å². The van der Waals surface area contributed by atoms with Crippen molar-refractivity contribution < 1.29 is 14.8 Å². The van der Waals surface area contributed by atoms with Crippen LogP contribution in [0.1, 0.15) is 0 Å². The summed E-state index contributed by atoms with van der Waals surface area (Å²) in [6, 6.07) is 2.67. The van der Waals surface area contributed by atoms with Crippen molar-refractivity contribution in [1.29, 1.82) is 0 Å². The molecule has 1 atom stereocenters. The number of anilines is 1. The number of amides is 1. The minimum atomic E-state index is -1.42. The maximum atomic E-state index is 10.6. The fraction of sp³-hybridized carbons (Fsp3) is 0.250. The van der Waals surface area contributed by atoms with Crippen LogP contribution < -0.4 is 11.1 Å². The number of nitro groups is 1. The molecule has 0 fully saturated rings. The summed E-state index contributed by atoms with van der Waals surface area (Å²) in [4.78, 5) is 24.2. The first-order valence-electron chi connectivity index (χ1n) is 4.33. The highest BCUT2D eigenvalue weighted by Gasteiger charge is 2.16. The zero-order chi connectivity index (χ0) is 12.1. The van der Waals surface area contributed by atoms with E-state index in [4.69, 9.17) is 10.8 Å². The lowest BCUT2D eigenvalue weighted by molar-refractivity contribution is -0.384. The smallest absolute Gasteiger partial charge is 0.311 e. The summed E-state index contributed by atoms with van der Waals surface area (Å²) in [7, 11) is 0. The molecule has 1 aromatic heterocycles. The fourth-order valence-corrected chi connectivity index (χ4v) is 0.974. The van der Waals surface area contributed by atoms with Crippen molar-refractivity contribution in [2.75, 3.05) is 11.9 Å². The summed E-state index contributed by atoms with van der Waals surface area (Å²) < 4.78 is 0. The third-order valence-corrected chi connectivity index (χ3v) is 1.77. The Bertz CT molecular complexity index is 409. The number of nitrogens with zero attached hydrogens (tertiary/aromatic N) is 2. The average Bonchev–Trinajstić information content (AvgIpc) is 2.25. The van der Waals surface area contributed by atoms with Crippen LogP contribution in [0, 0.1) is 10.1 Å². The number of nitrogens with one attached hydrogen (secondary N) is 1. The molecule has 0 spiro atoms. The standard InChI is InChI=1S/C8H10N4O4/c9-7(14)6(13)4-11-8-5(12(15)16)2-1-3-10-8/h1-3,6,13H,4H2,(H2,9,14)(H,10,11). The summed E-state index contributed by atoms with van der Waals surface area (Å²) in [6.07, 6.45) is -0.0620. The molecule has 4 N–H and O–H groups in total. The van der Waals surface area contributed by atoms with Crippen molar-refractivity contribution >= 4 is 17.4 Å². The van der Waals surface area contributed by atoms with Gasteiger partial charge in [-0.15, -0.1) is 0 Å². The Hall–Kier alpha value is -2.22. The second-order valence-electron chi connectivity index (χ2n) is 2.93. The molecule has 1 amide bonds. The molecule has 0 aromatic carbocycles. The van der Waals surface area contributed by atoms with E-state index in [1.807, 2.05) is 0 Å². The number of hydrogen-bond acceptors (Lipinski definition) is 6. The molecule has 1 heterocycles. The van der Waals surface area contributed by atoms with Gasteiger partial charge in [0, 0.05) is 12.3 Å². The molecule has 0 saturated heterocycles. The minimum absolute atomic E-state index is 0.0206. The Balaban J connectivity index is 2.74. The summed E-state index contributed by atoms with van der Waals surface area (Å²) in [6.45, 7) is -0.229. The molecule has 1 unspecified atom stereocenters. The van der Waals surface area contributed by atoms with Gasteiger partial charge in [-0.2, -0.15) is 0 Å². The third-order valence-electron chi connectivity index (χ3n) is 1.77. The Morgan fingerprint density at radius 1 is 1.75 bits per heavy atom. The summed E-state index contributed by atoms with van der Waals surface area (Å²) in [5.41, 5.74) is 4.58. The number of pyridine rings is 1. The summed E-state index contributed by atoms with van der Waals surface area (Å²) >= 11 is 0. The Labute approximate surface area is 90.2 Å². The van der Waals surface area contributed by atoms with Crippen LogP contribution in [0.15, 0.2) is 18.3 Å². The SMILES string of the molecule is NC(=O)C(O)CNc1ncccc1[N+](=O)[O-]. The molecule has 0 aliphatic rings. The minimum Gasteiger partial charge on any atom is -0.381 e. The Kier molecular flexibility index (Phi) is 3.72. The predicted octanol–water partition coefficient (Wildman–Crippen LogP) is -0.752. The zero-order valence-electron chi connectivity index (χ0n) is 8.16. The maximum absolute atomic E-state index is 10.6. The summed E-state index contributed by atoms with van der Waals surface area (Å²) in [5, 5.41) is 22.1. The van der Waals surface area contributed by atoms with Crippen molar-refractivity contribution in [3.8, 4) is 0 Å². The van der Waals surface area contributed by atoms with Crippen molar-refractivity contribution in [3.63, 3.8) is 0 Å². The van der Waals surface area contributed by atoms with E-state index in [1.54, 1.807) is 0 Å². The molecule has 1 aromatic rings. The van der Waals surface area contributed by atoms with Crippen LogP contribution in [0.5, 0.6) is 0 Å². The first kappa shape index (κ1) is 11.9. The highest BCUT2D eigenvalue weighted by atomic mass is 16.6. The van der Waals surface area contributed by atoms with Crippen LogP contribution in [0.3, 0.4) is 0 Å². The molecule has 0 bridgehead atoms. The second kappa shape index (κ2) is 5.03. The third kappa shape index (κ3) is 2.89. The number of nitrogens with two attached hydrogens (primary N) is 1. The van der Waals surface area contributed by atoms with E-state index in [1.165, 1.54) is 18.3 Å². The lowest BCUT2D eigenvalue weighted by Crippen LogP contribution is -2.34. The van der Waals surface area contributed by atoms with Gasteiger partial charge in [-0.1, -0.05) is 0 Å². The summed E-state index contributed by atoms with van der Waals surface area (Å²) in [5.74, 6) is -0.932. The molecule has 0 radical (unpaired) electrons. The second-order valence-corrected chi connectivity index (χ2v) is 2.93. The first-order valence-corrected chi connectivity index (χ1v) is 4.33. The van der Waals surface area contributed by atoms with Gasteiger partial charge >= 0.3 is 5.69 Å². The van der Waals surface area contributed by atoms with Gasteiger partial charge in [-0.3, -0.25) is 14.9 Å². The Morgan fingerprint density at radius 3 is 3.00 bits per heavy atom. The molecule has 0 saturated carbocycles. The normalized spacial score (nSPS) is 11.8. The van der Waals surface area contributed by atoms with Gasteiger partial charge in [0.1, 0.15) is 6.10 Å². The number of rotatable bonds is 5. The largest absolute Gasteiger partial charge is 0.381 e. The van der Waals surface area contributed by atoms with Crippen molar-refractivity contribution in [2.24, 2.45) is 5.73 Å². The number of primary amides is 1. The van der Waals surface area contributed by atoms with Gasteiger partial charge < -0.3 is 16.2 Å². The quantitative estimate of drug-likeness (QED) is 0.447. The molecule has 8 heteroatoms. The van der Waals surface area contributed by atoms with E-state index in [9.17, 15) is 14.9 Å². The molecule has 0 aliphatic heterocycles.